The van der Waals surface area contributed by atoms with Gasteiger partial charge in [-0.1, -0.05) is 48.5 Å². The van der Waals surface area contributed by atoms with Crippen molar-refractivity contribution < 1.29 is 17.9 Å². The third-order valence-electron chi connectivity index (χ3n) is 3.12. The van der Waals surface area contributed by atoms with E-state index in [2.05, 4.69) is 15.3 Å². The molecule has 0 radical (unpaired) electrons. The van der Waals surface area contributed by atoms with E-state index in [1.165, 1.54) is 0 Å². The Bertz CT molecular complexity index is 803. The van der Waals surface area contributed by atoms with Gasteiger partial charge in [0.05, 0.1) is 24.3 Å². The summed E-state index contributed by atoms with van der Waals surface area (Å²) in [6, 6.07) is 18.1. The second kappa shape index (κ2) is 8.26. The normalized spacial score (nSPS) is 11.8. The Morgan fingerprint density at radius 3 is 2.17 bits per heavy atom. The summed E-state index contributed by atoms with van der Waals surface area (Å²) in [4.78, 5) is 11.3. The molecule has 2 aromatic carbocycles. The molecule has 0 spiro atoms. The van der Waals surface area contributed by atoms with Crippen molar-refractivity contribution in [3.05, 3.63) is 66.2 Å². The number of hydrogen-bond acceptors (Lipinski definition) is 6. The van der Waals surface area contributed by atoms with Crippen molar-refractivity contribution in [2.45, 2.75) is 0 Å². The highest BCUT2D eigenvalue weighted by atomic mass is 32.2. The molecule has 2 aromatic rings. The van der Waals surface area contributed by atoms with E-state index in [9.17, 15) is 13.2 Å². The fourth-order valence-electron chi connectivity index (χ4n) is 1.95. The number of esters is 1. The van der Waals surface area contributed by atoms with Crippen molar-refractivity contribution in [2.24, 2.45) is 5.10 Å². The third kappa shape index (κ3) is 5.51. The van der Waals surface area contributed by atoms with Gasteiger partial charge in [-0.2, -0.15) is 5.10 Å². The number of sulfone groups is 1. The van der Waals surface area contributed by atoms with E-state index in [0.717, 1.165) is 12.8 Å². The van der Waals surface area contributed by atoms with E-state index in [-0.39, 0.29) is 5.75 Å². The molecule has 0 fully saturated rings. The Morgan fingerprint density at radius 1 is 1.00 bits per heavy atom. The predicted octanol–water partition coefficient (Wildman–Crippen LogP) is 2.09. The van der Waals surface area contributed by atoms with Crippen LogP contribution in [0.25, 0.3) is 0 Å². The second-order valence-corrected chi connectivity index (χ2v) is 7.08. The van der Waals surface area contributed by atoms with Gasteiger partial charge in [-0.25, -0.2) is 8.42 Å². The summed E-state index contributed by atoms with van der Waals surface area (Å²) in [6.07, 6.45) is 0. The van der Waals surface area contributed by atoms with E-state index in [1.54, 1.807) is 24.3 Å². The summed E-state index contributed by atoms with van der Waals surface area (Å²) < 4.78 is 28.8. The number of benzene rings is 2. The molecule has 0 aromatic heterocycles. The van der Waals surface area contributed by atoms with Gasteiger partial charge in [-0.15, -0.1) is 0 Å². The van der Waals surface area contributed by atoms with Crippen molar-refractivity contribution >= 4 is 27.2 Å². The van der Waals surface area contributed by atoms with Crippen LogP contribution in [0, 0.1) is 0 Å². The van der Waals surface area contributed by atoms with Crippen LogP contribution in [0.2, 0.25) is 0 Å². The zero-order valence-electron chi connectivity index (χ0n) is 13.2. The Kier molecular flexibility index (Phi) is 6.08. The van der Waals surface area contributed by atoms with E-state index in [1.807, 2.05) is 36.4 Å². The van der Waals surface area contributed by atoms with Crippen LogP contribution in [-0.2, 0) is 19.4 Å². The SMILES string of the molecule is COC(=O)CS(=O)(=O)C/C(=N/Nc1ccccc1)c1ccccc1. The van der Waals surface area contributed by atoms with Crippen LogP contribution in [0.4, 0.5) is 5.69 Å². The van der Waals surface area contributed by atoms with Crippen LogP contribution in [0.15, 0.2) is 65.8 Å². The predicted molar refractivity (Wildman–Crippen MR) is 93.7 cm³/mol. The highest BCUT2D eigenvalue weighted by Gasteiger charge is 2.21. The van der Waals surface area contributed by atoms with Gasteiger partial charge >= 0.3 is 5.97 Å². The average Bonchev–Trinajstić information content (AvgIpc) is 2.59. The quantitative estimate of drug-likeness (QED) is 0.471. The fourth-order valence-corrected chi connectivity index (χ4v) is 3.18. The number of carbonyl (C=O) groups is 1. The standard InChI is InChI=1S/C17H18N2O4S/c1-23-17(20)13-24(21,22)12-16(14-8-4-2-5-9-14)19-18-15-10-6-3-7-11-15/h2-11,18H,12-13H2,1H3/b19-16-. The minimum atomic E-state index is -3.69. The van der Waals surface area contributed by atoms with Crippen molar-refractivity contribution in [1.82, 2.24) is 0 Å². The summed E-state index contributed by atoms with van der Waals surface area (Å²) in [7, 11) is -2.54. The molecule has 0 aliphatic heterocycles. The molecule has 0 amide bonds. The minimum Gasteiger partial charge on any atom is -0.468 e. The number of hydrazone groups is 1. The molecule has 1 N–H and O–H groups in total. The lowest BCUT2D eigenvalue weighted by Gasteiger charge is -2.09. The van der Waals surface area contributed by atoms with Gasteiger partial charge in [0.15, 0.2) is 9.84 Å². The molecule has 6 nitrogen and oxygen atoms in total. The van der Waals surface area contributed by atoms with Crippen LogP contribution < -0.4 is 5.43 Å². The number of ether oxygens (including phenoxy) is 1. The first-order valence-corrected chi connectivity index (χ1v) is 9.02. The molecule has 0 heterocycles. The molecular formula is C17H18N2O4S. The lowest BCUT2D eigenvalue weighted by Crippen LogP contribution is -2.25. The third-order valence-corrected chi connectivity index (χ3v) is 4.51. The highest BCUT2D eigenvalue weighted by Crippen LogP contribution is 2.09. The molecule has 0 aliphatic carbocycles. The van der Waals surface area contributed by atoms with E-state index in [0.29, 0.717) is 11.3 Å². The van der Waals surface area contributed by atoms with Crippen LogP contribution in [0.3, 0.4) is 0 Å². The molecule has 0 saturated carbocycles. The highest BCUT2D eigenvalue weighted by molar-refractivity contribution is 7.92. The van der Waals surface area contributed by atoms with Crippen LogP contribution in [0.5, 0.6) is 0 Å². The maximum atomic E-state index is 12.2. The number of nitrogens with zero attached hydrogens (tertiary/aromatic N) is 1. The zero-order valence-corrected chi connectivity index (χ0v) is 14.0. The molecule has 126 valence electrons. The van der Waals surface area contributed by atoms with Crippen molar-refractivity contribution in [2.75, 3.05) is 24.0 Å². The Morgan fingerprint density at radius 2 is 1.58 bits per heavy atom. The summed E-state index contributed by atoms with van der Waals surface area (Å²) in [6.45, 7) is 0. The van der Waals surface area contributed by atoms with Crippen molar-refractivity contribution in [1.29, 1.82) is 0 Å². The summed E-state index contributed by atoms with van der Waals surface area (Å²) in [5.41, 5.74) is 4.56. The summed E-state index contributed by atoms with van der Waals surface area (Å²) in [5, 5.41) is 4.22. The molecule has 0 unspecified atom stereocenters. The molecule has 0 atom stereocenters. The lowest BCUT2D eigenvalue weighted by atomic mass is 10.1. The summed E-state index contributed by atoms with van der Waals surface area (Å²) in [5.74, 6) is -1.84. The first-order valence-electron chi connectivity index (χ1n) is 7.20. The van der Waals surface area contributed by atoms with Gasteiger partial charge in [0.1, 0.15) is 5.75 Å². The molecular weight excluding hydrogens is 328 g/mol. The molecule has 7 heteroatoms. The maximum absolute atomic E-state index is 12.2. The number of rotatable bonds is 7. The van der Waals surface area contributed by atoms with Crippen LogP contribution in [-0.4, -0.2) is 38.7 Å². The van der Waals surface area contributed by atoms with Gasteiger partial charge in [-0.05, 0) is 17.7 Å². The lowest BCUT2D eigenvalue weighted by molar-refractivity contribution is -0.137. The van der Waals surface area contributed by atoms with Crippen molar-refractivity contribution in [3.63, 3.8) is 0 Å². The number of carbonyl (C=O) groups excluding carboxylic acids is 1. The van der Waals surface area contributed by atoms with E-state index >= 15 is 0 Å². The number of anilines is 1. The Hall–Kier alpha value is -2.67. The topological polar surface area (TPSA) is 84.8 Å². The minimum absolute atomic E-state index is 0.323. The first-order chi connectivity index (χ1) is 11.5. The van der Waals surface area contributed by atoms with Gasteiger partial charge < -0.3 is 4.74 Å². The monoisotopic (exact) mass is 346 g/mol. The van der Waals surface area contributed by atoms with Gasteiger partial charge in [-0.3, -0.25) is 10.2 Å². The van der Waals surface area contributed by atoms with Gasteiger partial charge in [0.2, 0.25) is 0 Å². The molecule has 0 saturated heterocycles. The van der Waals surface area contributed by atoms with Gasteiger partial charge in [0.25, 0.3) is 0 Å². The first kappa shape index (κ1) is 17.7. The Labute approximate surface area is 141 Å². The summed E-state index contributed by atoms with van der Waals surface area (Å²) >= 11 is 0. The van der Waals surface area contributed by atoms with Gasteiger partial charge in [0, 0.05) is 0 Å². The molecule has 24 heavy (non-hydrogen) atoms. The Balaban J connectivity index is 2.25. The maximum Gasteiger partial charge on any atom is 0.320 e. The second-order valence-electron chi connectivity index (χ2n) is 5.01. The smallest absolute Gasteiger partial charge is 0.320 e. The molecule has 0 aliphatic rings. The van der Waals surface area contributed by atoms with Crippen LogP contribution in [0.1, 0.15) is 5.56 Å². The number of methoxy groups -OCH3 is 1. The molecule has 0 bridgehead atoms. The molecule has 2 rings (SSSR count). The van der Waals surface area contributed by atoms with Crippen LogP contribution >= 0.6 is 0 Å². The number of hydrogen-bond donors (Lipinski definition) is 1. The number of para-hydroxylation sites is 1. The van der Waals surface area contributed by atoms with E-state index < -0.39 is 21.6 Å². The van der Waals surface area contributed by atoms with Crippen molar-refractivity contribution in [3.8, 4) is 0 Å². The largest absolute Gasteiger partial charge is 0.468 e. The average molecular weight is 346 g/mol. The zero-order chi connectivity index (χ0) is 17.4. The fraction of sp³-hybridized carbons (Fsp3) is 0.176. The van der Waals surface area contributed by atoms with E-state index in [4.69, 9.17) is 0 Å². The number of nitrogens with one attached hydrogen (secondary N) is 1.